The number of rotatable bonds is 3. The Kier molecular flexibility index (Phi) is 5.61. The van der Waals surface area contributed by atoms with E-state index in [1.54, 1.807) is 6.07 Å². The number of anilines is 2. The molecule has 2 heterocycles. The van der Waals surface area contributed by atoms with Crippen molar-refractivity contribution in [2.24, 2.45) is 0 Å². The second kappa shape index (κ2) is 7.91. The predicted octanol–water partition coefficient (Wildman–Crippen LogP) is 4.62. The molecule has 0 bridgehead atoms. The molecule has 2 aromatic rings. The number of halogens is 4. The highest BCUT2D eigenvalue weighted by molar-refractivity contribution is 6.62. The highest BCUT2D eigenvalue weighted by Crippen LogP contribution is 2.38. The van der Waals surface area contributed by atoms with Crippen molar-refractivity contribution in [1.29, 1.82) is 0 Å². The number of fused-ring (bicyclic) bond motifs is 1. The quantitative estimate of drug-likeness (QED) is 0.530. The van der Waals surface area contributed by atoms with Crippen LogP contribution in [0.2, 0.25) is 0 Å². The number of urea groups is 1. The van der Waals surface area contributed by atoms with E-state index in [1.807, 2.05) is 27.7 Å². The smallest absolute Gasteiger partial charge is 0.406 e. The lowest BCUT2D eigenvalue weighted by molar-refractivity contribution is -0.274. The zero-order valence-electron chi connectivity index (χ0n) is 18.5. The van der Waals surface area contributed by atoms with Gasteiger partial charge >= 0.3 is 19.5 Å². The molecule has 2 aliphatic heterocycles. The first-order chi connectivity index (χ1) is 15.3. The third-order valence-corrected chi connectivity index (χ3v) is 6.20. The largest absolute Gasteiger partial charge is 0.573 e. The Balaban J connectivity index is 1.52. The molecule has 2 amide bonds. The van der Waals surface area contributed by atoms with E-state index in [0.717, 1.165) is 12.1 Å². The van der Waals surface area contributed by atoms with Crippen molar-refractivity contribution in [2.75, 3.05) is 16.8 Å². The Morgan fingerprint density at radius 3 is 2.42 bits per heavy atom. The Morgan fingerprint density at radius 1 is 1.12 bits per heavy atom. The molecule has 0 aliphatic carbocycles. The number of carbonyl (C=O) groups excluding carboxylic acids is 1. The maximum absolute atomic E-state index is 15.4. The van der Waals surface area contributed by atoms with Gasteiger partial charge in [-0.2, -0.15) is 0 Å². The highest BCUT2D eigenvalue weighted by Gasteiger charge is 2.52. The average molecular weight is 466 g/mol. The minimum atomic E-state index is -4.84. The summed E-state index contributed by atoms with van der Waals surface area (Å²) in [7, 11) is -0.875. The lowest BCUT2D eigenvalue weighted by Crippen LogP contribution is -2.41. The van der Waals surface area contributed by atoms with Crippen molar-refractivity contribution in [3.63, 3.8) is 0 Å². The molecular weight excluding hydrogens is 443 g/mol. The molecule has 2 aliphatic rings. The first-order valence-electron chi connectivity index (χ1n) is 10.4. The van der Waals surface area contributed by atoms with Crippen molar-refractivity contribution in [2.45, 2.75) is 51.7 Å². The van der Waals surface area contributed by atoms with Crippen LogP contribution in [0.15, 0.2) is 36.4 Å². The molecule has 1 saturated heterocycles. The first kappa shape index (κ1) is 23.4. The minimum Gasteiger partial charge on any atom is -0.406 e. The molecule has 0 radical (unpaired) electrons. The molecule has 0 spiro atoms. The van der Waals surface area contributed by atoms with Crippen molar-refractivity contribution in [1.82, 2.24) is 0 Å². The Morgan fingerprint density at radius 2 is 1.79 bits per heavy atom. The molecule has 4 rings (SSSR count). The average Bonchev–Trinajstić information content (AvgIpc) is 3.19. The fourth-order valence-electron chi connectivity index (χ4n) is 3.79. The van der Waals surface area contributed by atoms with E-state index in [2.05, 4.69) is 10.1 Å². The summed E-state index contributed by atoms with van der Waals surface area (Å²) in [6.45, 7) is 7.71. The van der Waals surface area contributed by atoms with E-state index in [-0.39, 0.29) is 24.1 Å². The molecule has 33 heavy (non-hydrogen) atoms. The minimum absolute atomic E-state index is 0.115. The number of alkyl halides is 3. The molecule has 176 valence electrons. The van der Waals surface area contributed by atoms with Gasteiger partial charge in [0.15, 0.2) is 0 Å². The van der Waals surface area contributed by atoms with E-state index >= 15 is 4.39 Å². The molecule has 1 N–H and O–H groups in total. The van der Waals surface area contributed by atoms with Gasteiger partial charge in [0, 0.05) is 29.3 Å². The van der Waals surface area contributed by atoms with Gasteiger partial charge in [0.25, 0.3) is 0 Å². The van der Waals surface area contributed by atoms with Gasteiger partial charge in [-0.25, -0.2) is 9.18 Å². The van der Waals surface area contributed by atoms with Crippen LogP contribution in [0.3, 0.4) is 0 Å². The van der Waals surface area contributed by atoms with Crippen LogP contribution in [0.25, 0.3) is 0 Å². The number of hydrogen-bond acceptors (Lipinski definition) is 4. The van der Waals surface area contributed by atoms with Crippen molar-refractivity contribution >= 4 is 30.0 Å². The molecular formula is C22H23BF4N2O4. The summed E-state index contributed by atoms with van der Waals surface area (Å²) >= 11 is 0. The fourth-order valence-corrected chi connectivity index (χ4v) is 3.79. The van der Waals surface area contributed by atoms with Gasteiger partial charge in [0.2, 0.25) is 0 Å². The zero-order valence-corrected chi connectivity index (χ0v) is 18.5. The first-order valence-corrected chi connectivity index (χ1v) is 10.4. The monoisotopic (exact) mass is 466 g/mol. The molecule has 2 aromatic carbocycles. The van der Waals surface area contributed by atoms with Crippen LogP contribution in [-0.4, -0.2) is 37.3 Å². The van der Waals surface area contributed by atoms with Crippen LogP contribution in [-0.2, 0) is 15.7 Å². The summed E-state index contributed by atoms with van der Waals surface area (Å²) in [5, 5.41) is 2.53. The molecule has 0 aromatic heterocycles. The van der Waals surface area contributed by atoms with E-state index in [0.29, 0.717) is 11.3 Å². The van der Waals surface area contributed by atoms with Crippen molar-refractivity contribution < 1.29 is 36.4 Å². The fraction of sp³-hybridized carbons (Fsp3) is 0.409. The normalized spacial score (nSPS) is 18.9. The van der Waals surface area contributed by atoms with Gasteiger partial charge in [-0.1, -0.05) is 12.1 Å². The number of ether oxygens (including phenoxy) is 1. The number of nitrogens with zero attached hydrogens (tertiary/aromatic N) is 1. The summed E-state index contributed by atoms with van der Waals surface area (Å²) in [6, 6.07) is 7.49. The van der Waals surface area contributed by atoms with E-state index in [4.69, 9.17) is 9.31 Å². The third kappa shape index (κ3) is 4.52. The molecule has 1 fully saturated rings. The van der Waals surface area contributed by atoms with Crippen molar-refractivity contribution in [3.05, 3.63) is 47.8 Å². The molecule has 0 atom stereocenters. The van der Waals surface area contributed by atoms with Crippen LogP contribution >= 0.6 is 0 Å². The van der Waals surface area contributed by atoms with Crippen LogP contribution in [0.1, 0.15) is 33.3 Å². The summed E-state index contributed by atoms with van der Waals surface area (Å²) in [5.74, 6) is -0.956. The Bertz CT molecular complexity index is 1070. The van der Waals surface area contributed by atoms with Crippen LogP contribution in [0.4, 0.5) is 33.7 Å². The Labute approximate surface area is 188 Å². The molecule has 11 heteroatoms. The van der Waals surface area contributed by atoms with Gasteiger partial charge in [0.05, 0.1) is 16.9 Å². The van der Waals surface area contributed by atoms with Crippen LogP contribution < -0.4 is 20.4 Å². The van der Waals surface area contributed by atoms with E-state index in [9.17, 15) is 18.0 Å². The topological polar surface area (TPSA) is 60.0 Å². The summed E-state index contributed by atoms with van der Waals surface area (Å²) < 4.78 is 68.5. The lowest BCUT2D eigenvalue weighted by Gasteiger charge is -2.32. The summed E-state index contributed by atoms with van der Waals surface area (Å²) in [5.41, 5.74) is -0.144. The summed E-state index contributed by atoms with van der Waals surface area (Å²) in [6.07, 6.45) is -4.57. The highest BCUT2D eigenvalue weighted by atomic mass is 19.4. The molecule has 0 unspecified atom stereocenters. The van der Waals surface area contributed by atoms with Crippen molar-refractivity contribution in [3.8, 4) is 5.75 Å². The number of amides is 2. The standard InChI is InChI=1S/C22H23BF4N2O4/c1-20(2)21(3,4)33-23(32-20)16-8-9-17-15(18(16)24)10-11-29(17)19(30)28-13-6-5-7-14(12-13)31-22(25,26)27/h5-9,12H,10-11H2,1-4H3,(H,28,30). The van der Waals surface area contributed by atoms with Gasteiger partial charge in [-0.3, -0.25) is 4.90 Å². The SMILES string of the molecule is CC1(C)OB(c2ccc3c(c2F)CCN3C(=O)Nc2cccc(OC(F)(F)F)c2)OC1(C)C. The number of nitrogens with one attached hydrogen (secondary N) is 1. The van der Waals surface area contributed by atoms with Crippen LogP contribution in [0.5, 0.6) is 5.75 Å². The van der Waals surface area contributed by atoms with Gasteiger partial charge < -0.3 is 19.4 Å². The van der Waals surface area contributed by atoms with Gasteiger partial charge in [0.1, 0.15) is 11.6 Å². The predicted molar refractivity (Wildman–Crippen MR) is 115 cm³/mol. The third-order valence-electron chi connectivity index (χ3n) is 6.20. The van der Waals surface area contributed by atoms with Gasteiger partial charge in [-0.15, -0.1) is 13.2 Å². The Hall–Kier alpha value is -2.79. The zero-order chi connectivity index (χ0) is 24.2. The lowest BCUT2D eigenvalue weighted by atomic mass is 9.77. The maximum Gasteiger partial charge on any atom is 0.573 e. The van der Waals surface area contributed by atoms with Gasteiger partial charge in [-0.05, 0) is 52.3 Å². The van der Waals surface area contributed by atoms with E-state index < -0.39 is 42.3 Å². The second-order valence-electron chi connectivity index (χ2n) is 8.96. The van der Waals surface area contributed by atoms with E-state index in [1.165, 1.54) is 23.1 Å². The molecule has 0 saturated carbocycles. The van der Waals surface area contributed by atoms with Crippen LogP contribution in [0, 0.1) is 5.82 Å². The second-order valence-corrected chi connectivity index (χ2v) is 8.96. The maximum atomic E-state index is 15.4. The summed E-state index contributed by atoms with van der Waals surface area (Å²) in [4.78, 5) is 14.1. The number of benzene rings is 2. The molecule has 6 nitrogen and oxygen atoms in total. The number of carbonyl (C=O) groups is 1. The number of hydrogen-bond donors (Lipinski definition) is 1.